The van der Waals surface area contributed by atoms with Gasteiger partial charge in [0.25, 0.3) is 0 Å². The maximum absolute atomic E-state index is 4.33. The molecule has 0 amide bonds. The van der Waals surface area contributed by atoms with Gasteiger partial charge < -0.3 is 0 Å². The van der Waals surface area contributed by atoms with Crippen molar-refractivity contribution in [3.63, 3.8) is 0 Å². The summed E-state index contributed by atoms with van der Waals surface area (Å²) in [5.74, 6) is 0. The smallest absolute Gasteiger partial charge is 0.0451 e. The minimum absolute atomic E-state index is 1.01. The van der Waals surface area contributed by atoms with Gasteiger partial charge >= 0.3 is 0 Å². The van der Waals surface area contributed by atoms with Crippen LogP contribution in [0.3, 0.4) is 0 Å². The van der Waals surface area contributed by atoms with Crippen LogP contribution in [0.4, 0.5) is 0 Å². The second kappa shape index (κ2) is 4.26. The Bertz CT molecular complexity index is 450. The van der Waals surface area contributed by atoms with Crippen molar-refractivity contribution in [2.45, 2.75) is 20.3 Å². The Morgan fingerprint density at radius 2 is 1.93 bits per heavy atom. The molecule has 0 N–H and O–H groups in total. The fourth-order valence-electron chi connectivity index (χ4n) is 1.80. The van der Waals surface area contributed by atoms with E-state index in [0.29, 0.717) is 0 Å². The molecule has 0 unspecified atom stereocenters. The van der Waals surface area contributed by atoms with E-state index < -0.39 is 0 Å². The molecule has 1 aliphatic carbocycles. The van der Waals surface area contributed by atoms with E-state index in [0.717, 1.165) is 12.1 Å². The van der Waals surface area contributed by atoms with Gasteiger partial charge in [-0.25, -0.2) is 0 Å². The standard InChI is InChI=1S/C14H15N/c1-11-7-4-3-5-8-13(11)14-9-6-10-15-12(14)2/h4-10H,3H2,1-2H3. The summed E-state index contributed by atoms with van der Waals surface area (Å²) in [6.45, 7) is 4.20. The van der Waals surface area contributed by atoms with Crippen LogP contribution in [0.1, 0.15) is 24.6 Å². The fraction of sp³-hybridized carbons (Fsp3) is 0.214. The Morgan fingerprint density at radius 1 is 1.13 bits per heavy atom. The third-order valence-corrected chi connectivity index (χ3v) is 2.65. The highest BCUT2D eigenvalue weighted by atomic mass is 14.7. The van der Waals surface area contributed by atoms with Crippen LogP contribution in [-0.4, -0.2) is 4.98 Å². The van der Waals surface area contributed by atoms with Crippen molar-refractivity contribution in [3.8, 4) is 0 Å². The molecular formula is C14H15N. The van der Waals surface area contributed by atoms with E-state index in [1.54, 1.807) is 0 Å². The molecule has 0 aliphatic heterocycles. The number of nitrogens with zero attached hydrogens (tertiary/aromatic N) is 1. The van der Waals surface area contributed by atoms with Crippen molar-refractivity contribution in [3.05, 3.63) is 59.5 Å². The monoisotopic (exact) mass is 197 g/mol. The lowest BCUT2D eigenvalue weighted by molar-refractivity contribution is 1.18. The maximum Gasteiger partial charge on any atom is 0.0451 e. The van der Waals surface area contributed by atoms with Crippen LogP contribution in [0.15, 0.2) is 48.2 Å². The van der Waals surface area contributed by atoms with E-state index in [4.69, 9.17) is 0 Å². The molecule has 1 heteroatoms. The molecule has 0 saturated heterocycles. The predicted molar refractivity (Wildman–Crippen MR) is 64.5 cm³/mol. The van der Waals surface area contributed by atoms with Crippen LogP contribution in [0, 0.1) is 6.92 Å². The van der Waals surface area contributed by atoms with Gasteiger partial charge in [-0.3, -0.25) is 4.98 Å². The lowest BCUT2D eigenvalue weighted by atomic mass is 10.00. The Labute approximate surface area is 90.9 Å². The van der Waals surface area contributed by atoms with E-state index >= 15 is 0 Å². The third-order valence-electron chi connectivity index (χ3n) is 2.65. The topological polar surface area (TPSA) is 12.9 Å². The highest BCUT2D eigenvalue weighted by Crippen LogP contribution is 2.24. The molecule has 0 aromatic carbocycles. The van der Waals surface area contributed by atoms with Crippen LogP contribution in [0.2, 0.25) is 0 Å². The highest BCUT2D eigenvalue weighted by Gasteiger charge is 2.05. The van der Waals surface area contributed by atoms with Crippen LogP contribution in [-0.2, 0) is 0 Å². The van der Waals surface area contributed by atoms with Gasteiger partial charge in [0, 0.05) is 17.5 Å². The highest BCUT2D eigenvalue weighted by molar-refractivity contribution is 5.79. The first kappa shape index (κ1) is 9.91. The summed E-state index contributed by atoms with van der Waals surface area (Å²) in [7, 11) is 0. The van der Waals surface area contributed by atoms with E-state index in [2.05, 4.69) is 49.2 Å². The number of aromatic nitrogens is 1. The molecule has 76 valence electrons. The first-order valence-corrected chi connectivity index (χ1v) is 5.25. The molecule has 1 aromatic heterocycles. The molecule has 0 bridgehead atoms. The van der Waals surface area contributed by atoms with Crippen LogP contribution < -0.4 is 0 Å². The zero-order valence-electron chi connectivity index (χ0n) is 9.20. The minimum Gasteiger partial charge on any atom is -0.261 e. The van der Waals surface area contributed by atoms with E-state index in [-0.39, 0.29) is 0 Å². The first-order valence-electron chi connectivity index (χ1n) is 5.25. The van der Waals surface area contributed by atoms with Crippen LogP contribution in [0.5, 0.6) is 0 Å². The summed E-state index contributed by atoms with van der Waals surface area (Å²) in [4.78, 5) is 4.33. The molecular weight excluding hydrogens is 182 g/mol. The second-order valence-corrected chi connectivity index (χ2v) is 3.77. The minimum atomic E-state index is 1.01. The van der Waals surface area contributed by atoms with Gasteiger partial charge in [0.15, 0.2) is 0 Å². The average Bonchev–Trinajstić information content (AvgIpc) is 2.44. The normalized spacial score (nSPS) is 15.6. The molecule has 2 rings (SSSR count). The Kier molecular flexibility index (Phi) is 2.82. The van der Waals surface area contributed by atoms with Gasteiger partial charge in [-0.2, -0.15) is 0 Å². The van der Waals surface area contributed by atoms with Gasteiger partial charge in [-0.15, -0.1) is 0 Å². The summed E-state index contributed by atoms with van der Waals surface area (Å²) in [5, 5.41) is 0. The largest absolute Gasteiger partial charge is 0.261 e. The fourth-order valence-corrected chi connectivity index (χ4v) is 1.80. The van der Waals surface area contributed by atoms with E-state index in [1.807, 2.05) is 12.3 Å². The lowest BCUT2D eigenvalue weighted by Crippen LogP contribution is -1.91. The molecule has 0 saturated carbocycles. The van der Waals surface area contributed by atoms with Crippen molar-refractivity contribution in [1.29, 1.82) is 0 Å². The molecule has 1 heterocycles. The van der Waals surface area contributed by atoms with Crippen molar-refractivity contribution in [2.75, 3.05) is 0 Å². The zero-order chi connectivity index (χ0) is 10.7. The Hall–Kier alpha value is -1.63. The van der Waals surface area contributed by atoms with Gasteiger partial charge in [0.2, 0.25) is 0 Å². The van der Waals surface area contributed by atoms with Crippen LogP contribution >= 0.6 is 0 Å². The molecule has 1 aromatic rings. The molecule has 15 heavy (non-hydrogen) atoms. The molecule has 0 atom stereocenters. The lowest BCUT2D eigenvalue weighted by Gasteiger charge is -2.07. The number of hydrogen-bond donors (Lipinski definition) is 0. The van der Waals surface area contributed by atoms with Gasteiger partial charge in [-0.05, 0) is 37.5 Å². The van der Waals surface area contributed by atoms with Gasteiger partial charge in [0.1, 0.15) is 0 Å². The van der Waals surface area contributed by atoms with Crippen molar-refractivity contribution >= 4 is 5.57 Å². The summed E-state index contributed by atoms with van der Waals surface area (Å²) >= 11 is 0. The van der Waals surface area contributed by atoms with Crippen molar-refractivity contribution in [1.82, 2.24) is 4.98 Å². The summed E-state index contributed by atoms with van der Waals surface area (Å²) < 4.78 is 0. The first-order chi connectivity index (χ1) is 7.29. The quantitative estimate of drug-likeness (QED) is 0.669. The predicted octanol–water partition coefficient (Wildman–Crippen LogP) is 3.68. The summed E-state index contributed by atoms with van der Waals surface area (Å²) in [5.41, 5.74) is 4.92. The molecule has 1 nitrogen and oxygen atoms in total. The number of allylic oxidation sites excluding steroid dienone is 6. The number of rotatable bonds is 1. The molecule has 0 spiro atoms. The van der Waals surface area contributed by atoms with Crippen molar-refractivity contribution in [2.24, 2.45) is 0 Å². The third kappa shape index (κ3) is 2.07. The molecule has 0 fully saturated rings. The SMILES string of the molecule is CC1=C(c2cccnc2C)C=CCC=C1. The van der Waals surface area contributed by atoms with Crippen LogP contribution in [0.25, 0.3) is 5.57 Å². The summed E-state index contributed by atoms with van der Waals surface area (Å²) in [6.07, 6.45) is 11.6. The summed E-state index contributed by atoms with van der Waals surface area (Å²) in [6, 6.07) is 4.12. The van der Waals surface area contributed by atoms with Gasteiger partial charge in [0.05, 0.1) is 0 Å². The Morgan fingerprint density at radius 3 is 2.73 bits per heavy atom. The second-order valence-electron chi connectivity index (χ2n) is 3.77. The van der Waals surface area contributed by atoms with Crippen molar-refractivity contribution < 1.29 is 0 Å². The average molecular weight is 197 g/mol. The number of hydrogen-bond acceptors (Lipinski definition) is 1. The van der Waals surface area contributed by atoms with E-state index in [1.165, 1.54) is 16.7 Å². The zero-order valence-corrected chi connectivity index (χ0v) is 9.20. The maximum atomic E-state index is 4.33. The van der Waals surface area contributed by atoms with E-state index in [9.17, 15) is 0 Å². The molecule has 1 aliphatic rings. The number of aryl methyl sites for hydroxylation is 1. The number of pyridine rings is 1. The molecule has 0 radical (unpaired) electrons. The Balaban J connectivity index is 2.55. The van der Waals surface area contributed by atoms with Gasteiger partial charge in [-0.1, -0.05) is 30.4 Å².